The molecule has 172 valence electrons. The maximum absolute atomic E-state index is 12.7. The molecular weight excluding hydrogens is 434 g/mol. The van der Waals surface area contributed by atoms with Gasteiger partial charge in [-0.15, -0.1) is 0 Å². The van der Waals surface area contributed by atoms with Crippen LogP contribution in [0.15, 0.2) is 65.6 Å². The lowest BCUT2D eigenvalue weighted by Crippen LogP contribution is -2.31. The summed E-state index contributed by atoms with van der Waals surface area (Å²) in [4.78, 5) is 24.4. The highest BCUT2D eigenvalue weighted by Gasteiger charge is 2.33. The van der Waals surface area contributed by atoms with Crippen molar-refractivity contribution in [3.63, 3.8) is 0 Å². The summed E-state index contributed by atoms with van der Waals surface area (Å²) in [6.45, 7) is 4.58. The van der Waals surface area contributed by atoms with Crippen LogP contribution in [0.25, 0.3) is 33.8 Å². The molecule has 4 aromatic rings. The first-order valence-corrected chi connectivity index (χ1v) is 10.9. The van der Waals surface area contributed by atoms with E-state index >= 15 is 0 Å². The number of fused-ring (bicyclic) bond motifs is 3. The third-order valence-corrected chi connectivity index (χ3v) is 6.29. The SMILES string of the molecule is CC(C)[C@@H]1Cn2nc(-c3ccc(O)cc3)c(-c3ccc(O)cc3)c2-c2cc(=O)c(C(=O)O)cn21. The van der Waals surface area contributed by atoms with Crippen LogP contribution in [0.2, 0.25) is 0 Å². The van der Waals surface area contributed by atoms with Crippen LogP contribution in [0.3, 0.4) is 0 Å². The number of pyridine rings is 1. The van der Waals surface area contributed by atoms with E-state index in [0.717, 1.165) is 16.7 Å². The van der Waals surface area contributed by atoms with Gasteiger partial charge in [0.25, 0.3) is 0 Å². The lowest BCUT2D eigenvalue weighted by Gasteiger charge is -2.32. The zero-order valence-electron chi connectivity index (χ0n) is 18.6. The van der Waals surface area contributed by atoms with Crippen molar-refractivity contribution in [2.45, 2.75) is 26.4 Å². The highest BCUT2D eigenvalue weighted by atomic mass is 16.4. The Kier molecular flexibility index (Phi) is 5.01. The second-order valence-electron chi connectivity index (χ2n) is 8.81. The van der Waals surface area contributed by atoms with E-state index in [1.54, 1.807) is 48.5 Å². The fraction of sp³-hybridized carbons (Fsp3) is 0.192. The maximum atomic E-state index is 12.7. The highest BCUT2D eigenvalue weighted by Crippen LogP contribution is 2.44. The van der Waals surface area contributed by atoms with Gasteiger partial charge in [0, 0.05) is 23.4 Å². The molecule has 0 radical (unpaired) electrons. The van der Waals surface area contributed by atoms with Gasteiger partial charge in [0.15, 0.2) is 5.43 Å². The molecule has 3 heterocycles. The van der Waals surface area contributed by atoms with Gasteiger partial charge in [-0.1, -0.05) is 26.0 Å². The second-order valence-corrected chi connectivity index (χ2v) is 8.81. The van der Waals surface area contributed by atoms with Crippen molar-refractivity contribution in [1.82, 2.24) is 14.3 Å². The number of carbonyl (C=O) groups is 1. The van der Waals surface area contributed by atoms with Gasteiger partial charge in [0.05, 0.1) is 24.0 Å². The topological polar surface area (TPSA) is 118 Å². The minimum atomic E-state index is -1.26. The summed E-state index contributed by atoms with van der Waals surface area (Å²) in [5, 5.41) is 34.1. The number of aromatic carboxylic acids is 1. The van der Waals surface area contributed by atoms with Crippen molar-refractivity contribution in [2.24, 2.45) is 5.92 Å². The molecule has 0 saturated carbocycles. The third kappa shape index (κ3) is 3.44. The number of hydrogen-bond donors (Lipinski definition) is 3. The normalized spacial score (nSPS) is 14.6. The van der Waals surface area contributed by atoms with Crippen molar-refractivity contribution >= 4 is 5.97 Å². The lowest BCUT2D eigenvalue weighted by molar-refractivity contribution is 0.0694. The van der Waals surface area contributed by atoms with Crippen LogP contribution >= 0.6 is 0 Å². The Hall–Kier alpha value is -4.33. The smallest absolute Gasteiger partial charge is 0.341 e. The predicted octanol–water partition coefficient (Wildman–Crippen LogP) is 4.37. The van der Waals surface area contributed by atoms with E-state index in [2.05, 4.69) is 0 Å². The molecule has 0 bridgehead atoms. The molecule has 0 unspecified atom stereocenters. The van der Waals surface area contributed by atoms with E-state index in [4.69, 9.17) is 5.10 Å². The fourth-order valence-corrected chi connectivity index (χ4v) is 4.55. The van der Waals surface area contributed by atoms with Gasteiger partial charge in [0.1, 0.15) is 22.8 Å². The molecule has 8 nitrogen and oxygen atoms in total. The Morgan fingerprint density at radius 2 is 1.59 bits per heavy atom. The third-order valence-electron chi connectivity index (χ3n) is 6.29. The van der Waals surface area contributed by atoms with Gasteiger partial charge < -0.3 is 19.9 Å². The molecule has 3 N–H and O–H groups in total. The highest BCUT2D eigenvalue weighted by molar-refractivity contribution is 5.92. The number of carboxylic acid groups (broad SMARTS) is 1. The van der Waals surface area contributed by atoms with E-state index in [1.807, 2.05) is 23.1 Å². The minimum Gasteiger partial charge on any atom is -0.508 e. The first kappa shape index (κ1) is 21.5. The Labute approximate surface area is 195 Å². The van der Waals surface area contributed by atoms with E-state index in [-0.39, 0.29) is 29.0 Å². The van der Waals surface area contributed by atoms with E-state index < -0.39 is 11.4 Å². The molecule has 5 rings (SSSR count). The second kappa shape index (κ2) is 7.91. The molecule has 1 aliphatic heterocycles. The van der Waals surface area contributed by atoms with E-state index in [9.17, 15) is 24.9 Å². The van der Waals surface area contributed by atoms with Crippen molar-refractivity contribution in [2.75, 3.05) is 0 Å². The van der Waals surface area contributed by atoms with Crippen LogP contribution < -0.4 is 5.43 Å². The number of nitrogens with zero attached hydrogens (tertiary/aromatic N) is 3. The van der Waals surface area contributed by atoms with E-state index in [0.29, 0.717) is 23.6 Å². The van der Waals surface area contributed by atoms with Gasteiger partial charge in [-0.2, -0.15) is 5.10 Å². The molecule has 2 aromatic carbocycles. The predicted molar refractivity (Wildman–Crippen MR) is 127 cm³/mol. The number of phenols is 2. The number of phenolic OH excluding ortho intramolecular Hbond substituents is 2. The molecule has 0 amide bonds. The number of aromatic hydroxyl groups is 2. The van der Waals surface area contributed by atoms with Gasteiger partial charge >= 0.3 is 5.97 Å². The summed E-state index contributed by atoms with van der Waals surface area (Å²) in [6.07, 6.45) is 1.43. The molecule has 1 aliphatic rings. The van der Waals surface area contributed by atoms with Crippen molar-refractivity contribution in [3.8, 4) is 45.3 Å². The Bertz CT molecular complexity index is 1460. The van der Waals surface area contributed by atoms with Crippen molar-refractivity contribution < 1.29 is 20.1 Å². The van der Waals surface area contributed by atoms with Crippen molar-refractivity contribution in [1.29, 1.82) is 0 Å². The molecule has 0 saturated heterocycles. The van der Waals surface area contributed by atoms with Crippen LogP contribution in [-0.4, -0.2) is 35.6 Å². The Balaban J connectivity index is 1.85. The average Bonchev–Trinajstić information content (AvgIpc) is 3.18. The molecule has 0 fully saturated rings. The van der Waals surface area contributed by atoms with Crippen LogP contribution in [-0.2, 0) is 6.54 Å². The quantitative estimate of drug-likeness (QED) is 0.419. The summed E-state index contributed by atoms with van der Waals surface area (Å²) in [6, 6.07) is 14.7. The first-order chi connectivity index (χ1) is 16.2. The molecule has 2 aromatic heterocycles. The molecule has 0 aliphatic carbocycles. The fourth-order valence-electron chi connectivity index (χ4n) is 4.55. The zero-order valence-corrected chi connectivity index (χ0v) is 18.6. The minimum absolute atomic E-state index is 0.110. The number of hydrogen-bond acceptors (Lipinski definition) is 5. The summed E-state index contributed by atoms with van der Waals surface area (Å²) >= 11 is 0. The van der Waals surface area contributed by atoms with E-state index in [1.165, 1.54) is 12.3 Å². The van der Waals surface area contributed by atoms with Crippen LogP contribution in [0.4, 0.5) is 0 Å². The average molecular weight is 457 g/mol. The maximum Gasteiger partial charge on any atom is 0.341 e. The van der Waals surface area contributed by atoms with Crippen LogP contribution in [0.5, 0.6) is 11.5 Å². The van der Waals surface area contributed by atoms with Gasteiger partial charge in [0.2, 0.25) is 0 Å². The summed E-state index contributed by atoms with van der Waals surface area (Å²) in [5.74, 6) is -0.852. The number of carboxylic acids is 1. The van der Waals surface area contributed by atoms with Crippen LogP contribution in [0, 0.1) is 5.92 Å². The Morgan fingerprint density at radius 1 is 1.00 bits per heavy atom. The van der Waals surface area contributed by atoms with Gasteiger partial charge in [-0.3, -0.25) is 9.48 Å². The largest absolute Gasteiger partial charge is 0.508 e. The molecule has 0 spiro atoms. The van der Waals surface area contributed by atoms with Crippen molar-refractivity contribution in [3.05, 3.63) is 76.6 Å². The van der Waals surface area contributed by atoms with Crippen LogP contribution in [0.1, 0.15) is 30.2 Å². The zero-order chi connectivity index (χ0) is 24.1. The monoisotopic (exact) mass is 457 g/mol. The molecule has 8 heteroatoms. The summed E-state index contributed by atoms with van der Waals surface area (Å²) in [7, 11) is 0. The molecular formula is C26H23N3O5. The lowest BCUT2D eigenvalue weighted by atomic mass is 9.94. The standard InChI is InChI=1S/C26H23N3O5/c1-14(2)21-13-29-25(20-11-22(32)19(26(33)34)12-28(20)21)23(15-3-7-17(30)8-4-15)24(27-29)16-5-9-18(31)10-6-16/h3-12,14,21,30-31H,13H2,1-2H3,(H,33,34)/t21-/m0/s1. The Morgan fingerprint density at radius 3 is 2.15 bits per heavy atom. The number of benzene rings is 2. The van der Waals surface area contributed by atoms with Gasteiger partial charge in [-0.05, 0) is 47.9 Å². The molecule has 1 atom stereocenters. The van der Waals surface area contributed by atoms with Gasteiger partial charge in [-0.25, -0.2) is 4.79 Å². The molecule has 34 heavy (non-hydrogen) atoms. The first-order valence-electron chi connectivity index (χ1n) is 10.9. The number of rotatable bonds is 4. The summed E-state index contributed by atoms with van der Waals surface area (Å²) in [5.41, 5.74) is 3.41. The summed E-state index contributed by atoms with van der Waals surface area (Å²) < 4.78 is 3.74. The number of aromatic nitrogens is 3.